The summed E-state index contributed by atoms with van der Waals surface area (Å²) in [7, 11) is 1.80. The number of rotatable bonds is 5. The van der Waals surface area contributed by atoms with E-state index < -0.39 is 0 Å². The fraction of sp³-hybridized carbons (Fsp3) is 0.733. The molecule has 1 spiro atoms. The van der Waals surface area contributed by atoms with E-state index in [-0.39, 0.29) is 0 Å². The maximum atomic E-state index is 5.88. The van der Waals surface area contributed by atoms with Crippen LogP contribution in [0.1, 0.15) is 38.3 Å². The van der Waals surface area contributed by atoms with Crippen molar-refractivity contribution in [2.75, 3.05) is 13.7 Å². The molecule has 1 aromatic heterocycles. The first-order valence-electron chi connectivity index (χ1n) is 7.76. The molecular weight excluding hydrogens is 268 g/mol. The molecule has 2 N–H and O–H groups in total. The number of aromatic nitrogens is 1. The molecule has 2 atom stereocenters. The number of guanidine groups is 1. The molecule has 6 heteroatoms. The van der Waals surface area contributed by atoms with Gasteiger partial charge in [-0.15, -0.1) is 0 Å². The van der Waals surface area contributed by atoms with Gasteiger partial charge in [-0.25, -0.2) is 0 Å². The molecule has 2 fully saturated rings. The maximum Gasteiger partial charge on any atom is 0.191 e. The molecule has 21 heavy (non-hydrogen) atoms. The zero-order chi connectivity index (χ0) is 14.7. The Labute approximate surface area is 125 Å². The summed E-state index contributed by atoms with van der Waals surface area (Å²) in [6.07, 6.45) is 6.90. The fourth-order valence-electron chi connectivity index (χ4n) is 3.50. The Morgan fingerprint density at radius 3 is 3.00 bits per heavy atom. The van der Waals surface area contributed by atoms with E-state index in [0.717, 1.165) is 24.7 Å². The highest BCUT2D eigenvalue weighted by molar-refractivity contribution is 5.80. The van der Waals surface area contributed by atoms with Gasteiger partial charge in [0.25, 0.3) is 0 Å². The molecule has 1 aromatic rings. The van der Waals surface area contributed by atoms with E-state index in [4.69, 9.17) is 9.26 Å². The fourth-order valence-corrected chi connectivity index (χ4v) is 3.50. The van der Waals surface area contributed by atoms with Crippen molar-refractivity contribution in [2.24, 2.45) is 10.4 Å². The lowest BCUT2D eigenvalue weighted by Gasteiger charge is -2.61. The van der Waals surface area contributed by atoms with Gasteiger partial charge < -0.3 is 19.9 Å². The zero-order valence-electron chi connectivity index (χ0n) is 12.8. The van der Waals surface area contributed by atoms with E-state index in [2.05, 4.69) is 27.7 Å². The second-order valence-corrected chi connectivity index (χ2v) is 5.88. The lowest BCUT2D eigenvalue weighted by atomic mass is 9.51. The molecule has 0 bridgehead atoms. The SMILES string of the molecule is CCOC1CC(NC(=NC)NCc2ccon2)C12CCC2. The first-order chi connectivity index (χ1) is 10.3. The molecule has 3 rings (SSSR count). The van der Waals surface area contributed by atoms with Crippen molar-refractivity contribution in [1.29, 1.82) is 0 Å². The Balaban J connectivity index is 1.53. The van der Waals surface area contributed by atoms with Gasteiger partial charge >= 0.3 is 0 Å². The van der Waals surface area contributed by atoms with Crippen LogP contribution in [-0.4, -0.2) is 36.9 Å². The van der Waals surface area contributed by atoms with Gasteiger partial charge in [-0.05, 0) is 26.2 Å². The first-order valence-corrected chi connectivity index (χ1v) is 7.76. The second-order valence-electron chi connectivity index (χ2n) is 5.88. The summed E-state index contributed by atoms with van der Waals surface area (Å²) in [6, 6.07) is 2.31. The minimum Gasteiger partial charge on any atom is -0.378 e. The number of aliphatic imine (C=N–C) groups is 1. The average Bonchev–Trinajstić information content (AvgIpc) is 2.92. The van der Waals surface area contributed by atoms with E-state index in [9.17, 15) is 0 Å². The lowest BCUT2D eigenvalue weighted by molar-refractivity contribution is -0.168. The second kappa shape index (κ2) is 6.05. The summed E-state index contributed by atoms with van der Waals surface area (Å²) in [4.78, 5) is 4.30. The number of nitrogens with zero attached hydrogens (tertiary/aromatic N) is 2. The van der Waals surface area contributed by atoms with Gasteiger partial charge in [0.2, 0.25) is 0 Å². The molecule has 2 aliphatic rings. The molecule has 2 aliphatic carbocycles. The van der Waals surface area contributed by atoms with Crippen molar-refractivity contribution >= 4 is 5.96 Å². The Hall–Kier alpha value is -1.56. The van der Waals surface area contributed by atoms with Crippen molar-refractivity contribution in [3.8, 4) is 0 Å². The van der Waals surface area contributed by atoms with Gasteiger partial charge in [-0.3, -0.25) is 4.99 Å². The quantitative estimate of drug-likeness (QED) is 0.638. The van der Waals surface area contributed by atoms with Gasteiger partial charge in [0.05, 0.1) is 12.6 Å². The Morgan fingerprint density at radius 1 is 1.57 bits per heavy atom. The van der Waals surface area contributed by atoms with Crippen molar-refractivity contribution in [3.63, 3.8) is 0 Å². The third-order valence-corrected chi connectivity index (χ3v) is 4.90. The van der Waals surface area contributed by atoms with Crippen LogP contribution in [0.3, 0.4) is 0 Å². The molecule has 2 unspecified atom stereocenters. The largest absolute Gasteiger partial charge is 0.378 e. The van der Waals surface area contributed by atoms with Crippen molar-refractivity contribution < 1.29 is 9.26 Å². The average molecular weight is 292 g/mol. The number of hydrogen-bond acceptors (Lipinski definition) is 4. The Bertz CT molecular complexity index is 482. The van der Waals surface area contributed by atoms with Gasteiger partial charge in [0.15, 0.2) is 5.96 Å². The lowest BCUT2D eigenvalue weighted by Crippen LogP contribution is -2.68. The molecule has 116 valence electrons. The van der Waals surface area contributed by atoms with Crippen LogP contribution in [0.5, 0.6) is 0 Å². The summed E-state index contributed by atoms with van der Waals surface area (Å²) in [5.74, 6) is 0.823. The summed E-state index contributed by atoms with van der Waals surface area (Å²) in [5, 5.41) is 10.7. The third-order valence-electron chi connectivity index (χ3n) is 4.90. The predicted octanol–water partition coefficient (Wildman–Crippen LogP) is 1.69. The van der Waals surface area contributed by atoms with Crippen LogP contribution in [0, 0.1) is 5.41 Å². The van der Waals surface area contributed by atoms with E-state index in [0.29, 0.717) is 24.1 Å². The van der Waals surface area contributed by atoms with Gasteiger partial charge in [-0.1, -0.05) is 11.6 Å². The van der Waals surface area contributed by atoms with E-state index in [1.165, 1.54) is 19.3 Å². The molecule has 0 aromatic carbocycles. The summed E-state index contributed by atoms with van der Waals surface area (Å²) in [5.41, 5.74) is 1.21. The molecule has 1 heterocycles. The van der Waals surface area contributed by atoms with Crippen LogP contribution in [0.2, 0.25) is 0 Å². The Morgan fingerprint density at radius 2 is 2.43 bits per heavy atom. The van der Waals surface area contributed by atoms with Crippen LogP contribution < -0.4 is 10.6 Å². The molecule has 0 radical (unpaired) electrons. The summed E-state index contributed by atoms with van der Waals surface area (Å²) >= 11 is 0. The van der Waals surface area contributed by atoms with Crippen LogP contribution in [0.25, 0.3) is 0 Å². The molecule has 6 nitrogen and oxygen atoms in total. The summed E-state index contributed by atoms with van der Waals surface area (Å²) < 4.78 is 10.7. The van der Waals surface area contributed by atoms with Crippen LogP contribution in [-0.2, 0) is 11.3 Å². The van der Waals surface area contributed by atoms with Crippen LogP contribution in [0.4, 0.5) is 0 Å². The third kappa shape index (κ3) is 2.64. The molecular formula is C15H24N4O2. The van der Waals surface area contributed by atoms with Crippen molar-refractivity contribution in [3.05, 3.63) is 18.0 Å². The molecule has 2 saturated carbocycles. The maximum absolute atomic E-state index is 5.88. The molecule has 0 aliphatic heterocycles. The minimum atomic E-state index is 0.335. The van der Waals surface area contributed by atoms with Crippen LogP contribution in [0.15, 0.2) is 21.8 Å². The van der Waals surface area contributed by atoms with Crippen LogP contribution >= 0.6 is 0 Å². The smallest absolute Gasteiger partial charge is 0.191 e. The molecule has 0 saturated heterocycles. The highest BCUT2D eigenvalue weighted by Crippen LogP contribution is 2.57. The zero-order valence-corrected chi connectivity index (χ0v) is 12.8. The van der Waals surface area contributed by atoms with Gasteiger partial charge in [-0.2, -0.15) is 0 Å². The predicted molar refractivity (Wildman–Crippen MR) is 79.9 cm³/mol. The van der Waals surface area contributed by atoms with Crippen molar-refractivity contribution in [2.45, 2.75) is 51.3 Å². The normalized spacial score (nSPS) is 27.0. The standard InChI is InChI=1S/C15H24N4O2/c1-3-20-13-9-12(15(13)6-4-7-15)18-14(16-2)17-10-11-5-8-21-19-11/h5,8,12-13H,3-4,6-7,9-10H2,1-2H3,(H2,16,17,18). The number of hydrogen-bond donors (Lipinski definition) is 2. The van der Waals surface area contributed by atoms with E-state index >= 15 is 0 Å². The molecule has 0 amide bonds. The van der Waals surface area contributed by atoms with E-state index in [1.807, 2.05) is 6.07 Å². The summed E-state index contributed by atoms with van der Waals surface area (Å²) in [6.45, 7) is 3.49. The van der Waals surface area contributed by atoms with Crippen molar-refractivity contribution in [1.82, 2.24) is 15.8 Å². The highest BCUT2D eigenvalue weighted by atomic mass is 16.5. The van der Waals surface area contributed by atoms with Gasteiger partial charge in [0.1, 0.15) is 12.0 Å². The monoisotopic (exact) mass is 292 g/mol. The number of ether oxygens (including phenoxy) is 1. The van der Waals surface area contributed by atoms with Gasteiger partial charge in [0, 0.05) is 31.2 Å². The topological polar surface area (TPSA) is 71.7 Å². The number of nitrogens with one attached hydrogen (secondary N) is 2. The first kappa shape index (κ1) is 14.4. The Kier molecular flexibility index (Phi) is 4.14. The minimum absolute atomic E-state index is 0.335. The van der Waals surface area contributed by atoms with E-state index in [1.54, 1.807) is 13.3 Å². The highest BCUT2D eigenvalue weighted by Gasteiger charge is 2.59.